The summed E-state index contributed by atoms with van der Waals surface area (Å²) in [5.41, 5.74) is 12.4. The molecule has 128 heavy (non-hydrogen) atoms. The third-order valence-electron chi connectivity index (χ3n) is 22.7. The van der Waals surface area contributed by atoms with E-state index in [1.165, 1.54) is 0 Å². The Labute approximate surface area is 785 Å². The number of nitrogens with zero attached hydrogens (tertiary/aromatic N) is 3. The second-order valence-corrected chi connectivity index (χ2v) is 30.2. The summed E-state index contributed by atoms with van der Waals surface area (Å²) in [6, 6.07) is 75.7. The molecule has 0 saturated carbocycles. The molecule has 25 aromatic rings. The fourth-order valence-corrected chi connectivity index (χ4v) is 16.5. The Hall–Kier alpha value is -17.1. The molecule has 3 heterocycles. The molecule has 602 valence electrons. The lowest BCUT2D eigenvalue weighted by molar-refractivity contribution is 0.668. The fraction of sp³-hybridized carbons (Fsp3) is 0. The van der Waals surface area contributed by atoms with E-state index in [0.29, 0.717) is 50.6 Å². The van der Waals surface area contributed by atoms with Crippen LogP contribution in [0.15, 0.2) is 504 Å². The van der Waals surface area contributed by atoms with Crippen LogP contribution in [0.3, 0.4) is 0 Å². The van der Waals surface area contributed by atoms with Crippen LogP contribution in [-0.4, -0.2) is 0 Å². The van der Waals surface area contributed by atoms with Crippen LogP contribution in [0.2, 0.25) is 0 Å². The molecule has 6 heteroatoms. The molecular formula is C122H81N3O3. The zero-order valence-corrected chi connectivity index (χ0v) is 67.4. The van der Waals surface area contributed by atoms with Crippen molar-refractivity contribution in [2.24, 2.45) is 0 Å². The van der Waals surface area contributed by atoms with Crippen LogP contribution in [0, 0.1) is 0 Å². The predicted molar refractivity (Wildman–Crippen MR) is 540 cm³/mol. The van der Waals surface area contributed by atoms with Gasteiger partial charge in [-0.3, -0.25) is 0 Å². The molecule has 0 aliphatic heterocycles. The fourth-order valence-electron chi connectivity index (χ4n) is 16.5. The van der Waals surface area contributed by atoms with E-state index >= 15 is 0 Å². The number of rotatable bonds is 14. The van der Waals surface area contributed by atoms with Crippen molar-refractivity contribution in [3.63, 3.8) is 0 Å². The lowest BCUT2D eigenvalue weighted by Crippen LogP contribution is -2.10. The van der Waals surface area contributed by atoms with E-state index in [4.69, 9.17) is 50.3 Å². The number of fused-ring (bicyclic) bond motifs is 15. The van der Waals surface area contributed by atoms with E-state index in [-0.39, 0.29) is 119 Å². The molecule has 0 radical (unpaired) electrons. The Morgan fingerprint density at radius 2 is 0.539 bits per heavy atom. The topological polar surface area (TPSA) is 49.1 Å². The summed E-state index contributed by atoms with van der Waals surface area (Å²) < 4.78 is 297. The van der Waals surface area contributed by atoms with Gasteiger partial charge < -0.3 is 28.0 Å². The Bertz CT molecular complexity index is 10500. The van der Waals surface area contributed by atoms with E-state index in [2.05, 4.69) is 6.07 Å². The molecule has 3 aromatic heterocycles. The van der Waals surface area contributed by atoms with Gasteiger partial charge >= 0.3 is 0 Å². The van der Waals surface area contributed by atoms with Gasteiger partial charge in [0.2, 0.25) is 0 Å². The molecule has 0 spiro atoms. The van der Waals surface area contributed by atoms with Gasteiger partial charge in [-0.15, -0.1) is 0 Å². The number of hydrogen-bond donors (Lipinski definition) is 0. The molecule has 0 fully saturated rings. The summed E-state index contributed by atoms with van der Waals surface area (Å²) in [7, 11) is 0. The smallest absolute Gasteiger partial charge is 0.135 e. The van der Waals surface area contributed by atoms with Crippen LogP contribution >= 0.6 is 0 Å². The molecule has 22 aromatic carbocycles. The Morgan fingerprint density at radius 1 is 0.164 bits per heavy atom. The zero-order valence-electron chi connectivity index (χ0n) is 99.4. The molecule has 0 unspecified atom stereocenters. The first kappa shape index (κ1) is 49.3. The molecule has 0 bridgehead atoms. The van der Waals surface area contributed by atoms with Crippen molar-refractivity contribution < 1.29 is 57.1 Å². The molecule has 6 nitrogen and oxygen atoms in total. The number of benzene rings is 22. The van der Waals surface area contributed by atoms with Crippen LogP contribution in [-0.2, 0) is 0 Å². The first-order chi connectivity index (χ1) is 76.7. The first-order valence-corrected chi connectivity index (χ1v) is 40.9. The molecule has 0 saturated heterocycles. The highest BCUT2D eigenvalue weighted by Gasteiger charge is 2.22. The Balaban J connectivity index is 0.000000130. The normalized spacial score (nSPS) is 14.9. The SMILES string of the molecule is [2H]c1c([2H])c(N(c2ccc(-c3ccccc3)cc2)c2ccc(-c3c([2H])c([2H])c([2H])c4c([2H])c([2H])c([2H])c([2H])c34)cc2)c([2H])c([2H])c1-c1ccc2oc3ccccc3c2c1.[2H]c1c([2H])c([2H])c(N(c2ccc(-c3ccc4oc5ccccc5c4c3)cc2)c2c([2H])c([2H])c([2H])c3c([2H])c([2H])c([2H])c([2H])c23)c([2H])c1[2H].[2H]c1c([2H])c([2H])c2c(c1[2H])c([2H])c(N(c1ccc(-c3ccc4oc5ccccc5c4c3)cc1)c1ccc3ccccc3c1)c1c([2H])c([2H])c([2H])c([2H])c12. The van der Waals surface area contributed by atoms with E-state index in [1.54, 1.807) is 70.5 Å². The highest BCUT2D eigenvalue weighted by atomic mass is 16.3. The lowest BCUT2D eigenvalue weighted by Gasteiger charge is -2.28. The van der Waals surface area contributed by atoms with Crippen molar-refractivity contribution in [3.8, 4) is 55.6 Å². The average molecular weight is 1670 g/mol. The van der Waals surface area contributed by atoms with Gasteiger partial charge in [0.1, 0.15) is 33.5 Å². The van der Waals surface area contributed by atoms with Crippen molar-refractivity contribution in [3.05, 3.63) is 491 Å². The summed E-state index contributed by atoms with van der Waals surface area (Å²) in [6.45, 7) is 0. The minimum atomic E-state index is -0.658. The van der Waals surface area contributed by atoms with Gasteiger partial charge in [0, 0.05) is 82.9 Å². The predicted octanol–water partition coefficient (Wildman–Crippen LogP) is 35.3. The molecule has 0 atom stereocenters. The van der Waals surface area contributed by atoms with Crippen molar-refractivity contribution in [2.75, 3.05) is 14.7 Å². The highest BCUT2D eigenvalue weighted by Crippen LogP contribution is 2.47. The molecule has 0 aliphatic rings. The van der Waals surface area contributed by atoms with Crippen LogP contribution < -0.4 is 14.7 Å². The van der Waals surface area contributed by atoms with Crippen LogP contribution in [0.4, 0.5) is 51.2 Å². The van der Waals surface area contributed by atoms with E-state index in [9.17, 15) is 6.85 Å². The Kier molecular flexibility index (Phi) is 12.7. The molecule has 0 N–H and O–H groups in total. The molecule has 0 aliphatic carbocycles. The van der Waals surface area contributed by atoms with Gasteiger partial charge in [0.25, 0.3) is 0 Å². The first-order valence-electron chi connectivity index (χ1n) is 56.9. The number of furan rings is 3. The minimum Gasteiger partial charge on any atom is -0.456 e. The van der Waals surface area contributed by atoms with E-state index in [0.717, 1.165) is 98.1 Å². The Morgan fingerprint density at radius 3 is 1.10 bits per heavy atom. The maximum Gasteiger partial charge on any atom is 0.135 e. The van der Waals surface area contributed by atoms with Crippen molar-refractivity contribution in [1.29, 1.82) is 0 Å². The van der Waals surface area contributed by atoms with Gasteiger partial charge in [-0.2, -0.15) is 0 Å². The second kappa shape index (κ2) is 33.0. The van der Waals surface area contributed by atoms with Crippen molar-refractivity contribution in [1.82, 2.24) is 0 Å². The highest BCUT2D eigenvalue weighted by molar-refractivity contribution is 6.16. The summed E-state index contributed by atoms with van der Waals surface area (Å²) in [6.07, 6.45) is 0. The maximum absolute atomic E-state index is 9.66. The second-order valence-electron chi connectivity index (χ2n) is 30.2. The standard InChI is InChI=1S/C46H31NO.C42H27NO.C34H23NO/c1-2-9-32(10-3-1)33-17-24-38(25-18-33)47(40-28-21-36(22-29-40)42-15-8-12-35-11-4-5-13-41(35)42)39-26-19-34(20-27-39)37-23-30-46-44(31-37)43-14-6-7-16-45(43)48-46;1-2-10-30-25-34(23-19-28(30)9-1)43(40-27-32-11-3-4-12-35(32)36-13-5-6-14-37(36)40)33-21-17-29(18-22-33)31-20-24-42-39(26-31)38-15-7-8-16-41(38)44-42;1-2-11-27(12-3-1)35(32-15-8-10-25-9-4-5-13-29(25)32)28-20-17-24(18-21-28)26-19-22-34-31(23-26)30-14-6-7-16-33(30)36-34/h1-31H;1-27H;1-23H/i4D,5D,8D,11D,12D,13D,15D,19D,20D,26D,27D;3D,4D,5D,6D,11D,12D,13D,14D,27D;1D,2D,3D,4D,5D,8D,9D,10D,11D,12D,13D,15D. The number of anilines is 9. The lowest BCUT2D eigenvalue weighted by atomic mass is 9.98. The molecular weight excluding hydrogens is 1560 g/mol. The van der Waals surface area contributed by atoms with Crippen molar-refractivity contribution in [2.45, 2.75) is 0 Å². The summed E-state index contributed by atoms with van der Waals surface area (Å²) in [4.78, 5) is 4.53. The van der Waals surface area contributed by atoms with Gasteiger partial charge in [0.05, 0.1) is 55.2 Å². The monoisotopic (exact) mass is 1670 g/mol. The van der Waals surface area contributed by atoms with E-state index in [1.807, 2.05) is 231 Å². The summed E-state index contributed by atoms with van der Waals surface area (Å²) in [5, 5.41) is 6.21. The van der Waals surface area contributed by atoms with Gasteiger partial charge in [-0.05, 0) is 250 Å². The van der Waals surface area contributed by atoms with Gasteiger partial charge in [-0.1, -0.05) is 339 Å². The summed E-state index contributed by atoms with van der Waals surface area (Å²) >= 11 is 0. The zero-order chi connectivity index (χ0) is 113. The quantitative estimate of drug-likeness (QED) is 0.101. The largest absolute Gasteiger partial charge is 0.456 e. The number of hydrogen-bond acceptors (Lipinski definition) is 6. The van der Waals surface area contributed by atoms with Crippen LogP contribution in [0.5, 0.6) is 0 Å². The number of para-hydroxylation sites is 4. The average Bonchev–Trinajstić information content (AvgIpc) is 0.766. The van der Waals surface area contributed by atoms with Gasteiger partial charge in [-0.25, -0.2) is 0 Å². The third-order valence-corrected chi connectivity index (χ3v) is 22.7. The van der Waals surface area contributed by atoms with Gasteiger partial charge in [0.15, 0.2) is 0 Å². The minimum absolute atomic E-state index is 0.00782. The summed E-state index contributed by atoms with van der Waals surface area (Å²) in [5.74, 6) is 0. The van der Waals surface area contributed by atoms with Crippen LogP contribution in [0.1, 0.15) is 43.9 Å². The molecule has 0 amide bonds. The van der Waals surface area contributed by atoms with Crippen molar-refractivity contribution >= 4 is 171 Å². The van der Waals surface area contributed by atoms with Crippen LogP contribution in [0.25, 0.3) is 175 Å². The third kappa shape index (κ3) is 14.4. The van der Waals surface area contributed by atoms with E-state index < -0.39 is 157 Å². The molecule has 25 rings (SSSR count). The maximum atomic E-state index is 9.66.